The summed E-state index contributed by atoms with van der Waals surface area (Å²) < 4.78 is 54.0. The Morgan fingerprint density at radius 1 is 1.10 bits per heavy atom. The van der Waals surface area contributed by atoms with Crippen molar-refractivity contribution >= 4 is 21.6 Å². The monoisotopic (exact) mass is 685 g/mol. The molecule has 0 spiro atoms. The van der Waals surface area contributed by atoms with Gasteiger partial charge in [-0.1, -0.05) is 13.0 Å². The predicted molar refractivity (Wildman–Crippen MR) is 180 cm³/mol. The van der Waals surface area contributed by atoms with Crippen LogP contribution in [-0.4, -0.2) is 97.2 Å². The summed E-state index contributed by atoms with van der Waals surface area (Å²) in [7, 11) is -0.290. The molecule has 4 atom stereocenters. The Balaban J connectivity index is 1.40. The molecule has 262 valence electrons. The van der Waals surface area contributed by atoms with Crippen molar-refractivity contribution in [3.63, 3.8) is 0 Å². The van der Waals surface area contributed by atoms with E-state index in [2.05, 4.69) is 14.6 Å². The van der Waals surface area contributed by atoms with Gasteiger partial charge in [0.25, 0.3) is 15.9 Å². The maximum atomic E-state index is 14.4. The molecule has 14 heteroatoms. The number of fused-ring (bicyclic) bond motifs is 2. The molecule has 13 nitrogen and oxygen atoms in total. The summed E-state index contributed by atoms with van der Waals surface area (Å²) in [5.74, 6) is 1.34. The lowest BCUT2D eigenvalue weighted by Gasteiger charge is -2.36. The average Bonchev–Trinajstić information content (AvgIpc) is 3.71. The van der Waals surface area contributed by atoms with Crippen LogP contribution in [0.5, 0.6) is 17.2 Å². The van der Waals surface area contributed by atoms with E-state index >= 15 is 0 Å². The maximum absolute atomic E-state index is 14.4. The molecule has 5 rings (SSSR count). The van der Waals surface area contributed by atoms with E-state index in [1.54, 1.807) is 31.0 Å². The number of likely N-dealkylation sites (N-methyl/N-ethyl adjacent to an activating group) is 1. The van der Waals surface area contributed by atoms with Gasteiger partial charge in [-0.05, 0) is 76.1 Å². The van der Waals surface area contributed by atoms with Gasteiger partial charge in [-0.3, -0.25) is 14.4 Å². The van der Waals surface area contributed by atoms with Crippen LogP contribution in [0.4, 0.5) is 5.69 Å². The molecule has 2 aliphatic heterocycles. The summed E-state index contributed by atoms with van der Waals surface area (Å²) >= 11 is 0. The zero-order chi connectivity index (χ0) is 34.4. The number of imidazole rings is 1. The average molecular weight is 686 g/mol. The van der Waals surface area contributed by atoms with Crippen LogP contribution in [0.3, 0.4) is 0 Å². The Kier molecular flexibility index (Phi) is 11.5. The molecule has 2 aromatic carbocycles. The van der Waals surface area contributed by atoms with Crippen molar-refractivity contribution in [3.8, 4) is 17.2 Å². The molecule has 2 N–H and O–H groups in total. The van der Waals surface area contributed by atoms with Crippen molar-refractivity contribution in [2.75, 3.05) is 44.9 Å². The van der Waals surface area contributed by atoms with E-state index in [0.717, 1.165) is 36.3 Å². The molecule has 3 aromatic rings. The fraction of sp³-hybridized carbons (Fsp3) is 0.529. The third-order valence-electron chi connectivity index (χ3n) is 8.64. The van der Waals surface area contributed by atoms with Crippen molar-refractivity contribution in [1.29, 1.82) is 0 Å². The molecule has 0 saturated heterocycles. The fourth-order valence-electron chi connectivity index (χ4n) is 5.91. The predicted octanol–water partition coefficient (Wildman–Crippen LogP) is 3.88. The van der Waals surface area contributed by atoms with Crippen molar-refractivity contribution in [1.82, 2.24) is 19.4 Å². The van der Waals surface area contributed by atoms with Crippen LogP contribution in [0.1, 0.15) is 56.0 Å². The smallest absolute Gasteiger partial charge is 0.280 e. The van der Waals surface area contributed by atoms with Crippen LogP contribution in [0, 0.1) is 5.92 Å². The molecule has 2 aliphatic rings. The fourth-order valence-corrected chi connectivity index (χ4v) is 6.94. The zero-order valence-electron chi connectivity index (χ0n) is 28.3. The quantitative estimate of drug-likeness (QED) is 0.341. The highest BCUT2D eigenvalue weighted by molar-refractivity contribution is 7.92. The first-order valence-electron chi connectivity index (χ1n) is 16.4. The van der Waals surface area contributed by atoms with Crippen LogP contribution in [-0.2, 0) is 28.4 Å². The molecule has 0 bridgehead atoms. The Morgan fingerprint density at radius 3 is 2.62 bits per heavy atom. The van der Waals surface area contributed by atoms with E-state index in [-0.39, 0.29) is 53.7 Å². The first-order valence-corrected chi connectivity index (χ1v) is 17.8. The second kappa shape index (κ2) is 15.6. The third-order valence-corrected chi connectivity index (χ3v) is 9.91. The number of hydrogen-bond acceptors (Lipinski definition) is 10. The van der Waals surface area contributed by atoms with Crippen LogP contribution in [0.15, 0.2) is 53.9 Å². The van der Waals surface area contributed by atoms with Gasteiger partial charge in [0.2, 0.25) is 6.79 Å². The standard InChI is InChI=1S/C34H47N5O8S/c1-23-16-39(24(2)20-40)34(41)28-15-27(36-48(42,43)33-19-38(5)21-35-33)10-12-29(28)47-25(3)8-6-7-13-44-32(23)18-37(4)17-26-9-11-30-31(14-26)46-22-45-30/h9-12,14-15,19,21,23-25,32,36,40H,6-8,13,16-18,20,22H2,1-5H3/t23-,24+,25+,32-/m0/s1. The van der Waals surface area contributed by atoms with Crippen molar-refractivity contribution in [2.24, 2.45) is 13.0 Å². The van der Waals surface area contributed by atoms with E-state index < -0.39 is 16.1 Å². The first kappa shape index (κ1) is 35.5. The minimum atomic E-state index is -4.01. The number of carbonyl (C=O) groups is 1. The lowest BCUT2D eigenvalue weighted by atomic mass is 10.0. The molecular formula is C34H47N5O8S. The highest BCUT2D eigenvalue weighted by Gasteiger charge is 2.31. The molecule has 1 amide bonds. The molecule has 0 fully saturated rings. The Hall–Kier alpha value is -3.85. The molecule has 48 heavy (non-hydrogen) atoms. The number of nitrogens with zero attached hydrogens (tertiary/aromatic N) is 4. The van der Waals surface area contributed by atoms with E-state index in [1.807, 2.05) is 39.1 Å². The van der Waals surface area contributed by atoms with Gasteiger partial charge in [-0.2, -0.15) is 8.42 Å². The Bertz CT molecular complexity index is 1660. The summed E-state index contributed by atoms with van der Waals surface area (Å²) in [6.07, 6.45) is 4.84. The van der Waals surface area contributed by atoms with Crippen LogP contribution in [0.2, 0.25) is 0 Å². The third kappa shape index (κ3) is 8.78. The summed E-state index contributed by atoms with van der Waals surface area (Å²) in [6.45, 7) is 7.88. The molecule has 0 saturated carbocycles. The van der Waals surface area contributed by atoms with E-state index in [0.29, 0.717) is 32.0 Å². The molecule has 0 aliphatic carbocycles. The number of aromatic nitrogens is 2. The van der Waals surface area contributed by atoms with Crippen LogP contribution < -0.4 is 18.9 Å². The zero-order valence-corrected chi connectivity index (χ0v) is 29.1. The number of benzene rings is 2. The number of sulfonamides is 1. The Labute approximate surface area is 282 Å². The van der Waals surface area contributed by atoms with Gasteiger partial charge in [0, 0.05) is 51.1 Å². The number of aliphatic hydroxyl groups is 1. The summed E-state index contributed by atoms with van der Waals surface area (Å²) in [5.41, 5.74) is 1.48. The molecular weight excluding hydrogens is 638 g/mol. The van der Waals surface area contributed by atoms with E-state index in [9.17, 15) is 18.3 Å². The number of ether oxygens (including phenoxy) is 4. The SMILES string of the molecule is C[C@@H]1CCCCO[C@@H](CN(C)Cc2ccc3c(c2)OCO3)[C@@H](C)CN([C@H](C)CO)C(=O)c2cc(NS(=O)(=O)c3cn(C)cn3)ccc2O1. The lowest BCUT2D eigenvalue weighted by Crippen LogP contribution is -2.47. The van der Waals surface area contributed by atoms with Gasteiger partial charge in [0.05, 0.1) is 36.7 Å². The number of nitrogens with one attached hydrogen (secondary N) is 1. The molecule has 1 aromatic heterocycles. The van der Waals surface area contributed by atoms with Gasteiger partial charge < -0.3 is 33.5 Å². The number of carbonyl (C=O) groups excluding carboxylic acids is 1. The van der Waals surface area contributed by atoms with Crippen molar-refractivity contribution < 1.29 is 37.3 Å². The lowest BCUT2D eigenvalue weighted by molar-refractivity contribution is -0.0177. The highest BCUT2D eigenvalue weighted by Crippen LogP contribution is 2.33. The number of amides is 1. The minimum Gasteiger partial charge on any atom is -0.490 e. The number of rotatable bonds is 9. The maximum Gasteiger partial charge on any atom is 0.280 e. The van der Waals surface area contributed by atoms with Gasteiger partial charge in [-0.15, -0.1) is 0 Å². The second-order valence-electron chi connectivity index (χ2n) is 12.9. The number of aliphatic hydroxyl groups excluding tert-OH is 1. The molecule has 0 unspecified atom stereocenters. The molecule has 3 heterocycles. The van der Waals surface area contributed by atoms with Crippen molar-refractivity contribution in [3.05, 3.63) is 60.0 Å². The van der Waals surface area contributed by atoms with E-state index in [1.165, 1.54) is 23.2 Å². The van der Waals surface area contributed by atoms with Crippen LogP contribution >= 0.6 is 0 Å². The largest absolute Gasteiger partial charge is 0.490 e. The normalized spacial score (nSPS) is 21.4. The highest BCUT2D eigenvalue weighted by atomic mass is 32.2. The molecule has 0 radical (unpaired) electrons. The van der Waals surface area contributed by atoms with Gasteiger partial charge in [0.15, 0.2) is 16.5 Å². The van der Waals surface area contributed by atoms with E-state index in [4.69, 9.17) is 18.9 Å². The summed E-state index contributed by atoms with van der Waals surface area (Å²) in [5, 5.41) is 10.1. The topological polar surface area (TPSA) is 145 Å². The number of hydrogen-bond donors (Lipinski definition) is 2. The van der Waals surface area contributed by atoms with Crippen LogP contribution in [0.25, 0.3) is 0 Å². The second-order valence-corrected chi connectivity index (χ2v) is 14.5. The summed E-state index contributed by atoms with van der Waals surface area (Å²) in [4.78, 5) is 22.2. The van der Waals surface area contributed by atoms with Gasteiger partial charge in [-0.25, -0.2) is 4.98 Å². The van der Waals surface area contributed by atoms with Gasteiger partial charge >= 0.3 is 0 Å². The summed E-state index contributed by atoms with van der Waals surface area (Å²) in [6, 6.07) is 10.1. The Morgan fingerprint density at radius 2 is 1.88 bits per heavy atom. The van der Waals surface area contributed by atoms with Gasteiger partial charge in [0.1, 0.15) is 5.75 Å². The number of aryl methyl sites for hydroxylation is 1. The van der Waals surface area contributed by atoms with Crippen molar-refractivity contribution in [2.45, 2.75) is 69.9 Å². The minimum absolute atomic E-state index is 0.112. The number of anilines is 1. The first-order chi connectivity index (χ1) is 22.9.